The Bertz CT molecular complexity index is 528. The molecule has 1 aliphatic carbocycles. The zero-order valence-electron chi connectivity index (χ0n) is 10.8. The van der Waals surface area contributed by atoms with Gasteiger partial charge < -0.3 is 0 Å². The van der Waals surface area contributed by atoms with E-state index in [2.05, 4.69) is 16.8 Å². The van der Waals surface area contributed by atoms with E-state index < -0.39 is 0 Å². The predicted molar refractivity (Wildman–Crippen MR) is 68.0 cm³/mol. The summed E-state index contributed by atoms with van der Waals surface area (Å²) in [4.78, 5) is 32.1. The number of nitrogens with zero attached hydrogens (tertiary/aromatic N) is 1. The van der Waals surface area contributed by atoms with Gasteiger partial charge in [-0.3, -0.25) is 4.79 Å². The van der Waals surface area contributed by atoms with Crippen molar-refractivity contribution in [2.24, 2.45) is 5.92 Å². The maximum absolute atomic E-state index is 11.7. The van der Waals surface area contributed by atoms with Gasteiger partial charge in [-0.1, -0.05) is 24.8 Å². The predicted octanol–water partition coefficient (Wildman–Crippen LogP) is 2.18. The lowest BCUT2D eigenvalue weighted by atomic mass is 10.1. The Labute approximate surface area is 112 Å². The van der Waals surface area contributed by atoms with Gasteiger partial charge in [-0.2, -0.15) is 9.59 Å². The van der Waals surface area contributed by atoms with Crippen LogP contribution in [0.4, 0.5) is 0 Å². The molecule has 1 aromatic rings. The van der Waals surface area contributed by atoms with Crippen molar-refractivity contribution < 1.29 is 14.4 Å². The first-order chi connectivity index (χ1) is 9.17. The summed E-state index contributed by atoms with van der Waals surface area (Å²) in [7, 11) is 0. The van der Waals surface area contributed by atoms with E-state index in [1.165, 1.54) is 12.8 Å². The summed E-state index contributed by atoms with van der Waals surface area (Å²) in [6.07, 6.45) is 5.02. The molecule has 1 saturated carbocycles. The first-order valence-corrected chi connectivity index (χ1v) is 6.16. The van der Waals surface area contributed by atoms with Crippen LogP contribution in [0.2, 0.25) is 0 Å². The number of pyridine rings is 1. The topological polar surface area (TPSA) is 64.1 Å². The van der Waals surface area contributed by atoms with E-state index in [4.69, 9.17) is 9.59 Å². The number of carbonyl (C=O) groups excluding carboxylic acids is 3. The maximum Gasteiger partial charge on any atom is 0.373 e. The molecule has 0 atom stereocenters. The minimum Gasteiger partial charge on any atom is -0.277 e. The fourth-order valence-electron chi connectivity index (χ4n) is 1.97. The number of hydrogen-bond acceptors (Lipinski definition) is 4. The molecule has 19 heavy (non-hydrogen) atoms. The smallest absolute Gasteiger partial charge is 0.277 e. The van der Waals surface area contributed by atoms with Gasteiger partial charge in [-0.05, 0) is 37.8 Å². The van der Waals surface area contributed by atoms with Gasteiger partial charge in [0, 0.05) is 11.6 Å². The number of aromatic nitrogens is 1. The van der Waals surface area contributed by atoms with Gasteiger partial charge >= 0.3 is 6.15 Å². The zero-order valence-corrected chi connectivity index (χ0v) is 10.8. The molecule has 0 unspecified atom stereocenters. The number of Topliss-reactive ketones (excluding diaryl/α,β-unsaturated/α-hetero) is 1. The molecule has 0 aliphatic heterocycles. The van der Waals surface area contributed by atoms with Crippen LogP contribution in [0, 0.1) is 24.7 Å². The van der Waals surface area contributed by atoms with E-state index in [1.807, 2.05) is 19.1 Å². The summed E-state index contributed by atoms with van der Waals surface area (Å²) < 4.78 is 0. The van der Waals surface area contributed by atoms with Gasteiger partial charge in [0.1, 0.15) is 5.69 Å². The van der Waals surface area contributed by atoms with E-state index in [9.17, 15) is 4.79 Å². The second-order valence-corrected chi connectivity index (χ2v) is 4.33. The molecule has 0 N–H and O–H groups in total. The molecule has 0 bridgehead atoms. The second-order valence-electron chi connectivity index (χ2n) is 4.33. The third kappa shape index (κ3) is 5.29. The van der Waals surface area contributed by atoms with Crippen LogP contribution < -0.4 is 0 Å². The van der Waals surface area contributed by atoms with Crippen LogP contribution in [0.25, 0.3) is 0 Å². The fourth-order valence-corrected chi connectivity index (χ4v) is 1.97. The molecule has 0 radical (unpaired) electrons. The highest BCUT2D eigenvalue weighted by atomic mass is 16.2. The van der Waals surface area contributed by atoms with Crippen molar-refractivity contribution in [3.63, 3.8) is 0 Å². The van der Waals surface area contributed by atoms with Crippen molar-refractivity contribution in [2.45, 2.75) is 32.6 Å². The molecule has 0 aromatic carbocycles. The van der Waals surface area contributed by atoms with E-state index in [0.717, 1.165) is 18.5 Å². The number of hydrogen-bond donors (Lipinski definition) is 0. The maximum atomic E-state index is 11.7. The van der Waals surface area contributed by atoms with Crippen LogP contribution in [0.5, 0.6) is 0 Å². The molecule has 1 aliphatic rings. The molecule has 2 rings (SSSR count). The van der Waals surface area contributed by atoms with Crippen LogP contribution in [0.15, 0.2) is 18.2 Å². The summed E-state index contributed by atoms with van der Waals surface area (Å²) in [5.41, 5.74) is 1.32. The molecule has 4 nitrogen and oxygen atoms in total. The Kier molecular flexibility index (Phi) is 6.21. The summed E-state index contributed by atoms with van der Waals surface area (Å²) in [5, 5.41) is 0. The molecular weight excluding hydrogens is 242 g/mol. The average Bonchev–Trinajstić information content (AvgIpc) is 2.90. The lowest BCUT2D eigenvalue weighted by Crippen LogP contribution is -2.00. The van der Waals surface area contributed by atoms with Crippen molar-refractivity contribution in [1.82, 2.24) is 4.98 Å². The highest BCUT2D eigenvalue weighted by Gasteiger charge is 2.12. The lowest BCUT2D eigenvalue weighted by Gasteiger charge is -1.96. The third-order valence-corrected chi connectivity index (χ3v) is 2.87. The molecule has 0 saturated heterocycles. The van der Waals surface area contributed by atoms with Crippen molar-refractivity contribution in [3.8, 4) is 11.8 Å². The second kappa shape index (κ2) is 7.97. The Hall–Kier alpha value is -2.24. The van der Waals surface area contributed by atoms with Gasteiger partial charge in [0.05, 0.1) is 0 Å². The van der Waals surface area contributed by atoms with Gasteiger partial charge in [0.2, 0.25) is 0 Å². The molecule has 4 heteroatoms. The monoisotopic (exact) mass is 257 g/mol. The van der Waals surface area contributed by atoms with Crippen LogP contribution in [0.3, 0.4) is 0 Å². The van der Waals surface area contributed by atoms with E-state index >= 15 is 0 Å². The SMILES string of the molecule is Cc1cccc(C(=O)C#CC2CCCC2)n1.O=C=O. The Morgan fingerprint density at radius 3 is 2.47 bits per heavy atom. The number of aryl methyl sites for hydroxylation is 1. The quantitative estimate of drug-likeness (QED) is 0.439. The Morgan fingerprint density at radius 1 is 1.26 bits per heavy atom. The molecule has 1 aromatic heterocycles. The van der Waals surface area contributed by atoms with Gasteiger partial charge in [-0.25, -0.2) is 4.98 Å². The number of carbonyl (C=O) groups is 1. The summed E-state index contributed by atoms with van der Waals surface area (Å²) >= 11 is 0. The molecule has 1 heterocycles. The highest BCUT2D eigenvalue weighted by molar-refractivity contribution is 6.07. The zero-order chi connectivity index (χ0) is 14.1. The van der Waals surface area contributed by atoms with Crippen LogP contribution in [0.1, 0.15) is 41.9 Å². The van der Waals surface area contributed by atoms with Crippen molar-refractivity contribution >= 4 is 11.9 Å². The molecule has 0 amide bonds. The Morgan fingerprint density at radius 2 is 1.89 bits per heavy atom. The van der Waals surface area contributed by atoms with E-state index in [-0.39, 0.29) is 11.9 Å². The van der Waals surface area contributed by atoms with Crippen molar-refractivity contribution in [2.75, 3.05) is 0 Å². The van der Waals surface area contributed by atoms with E-state index in [0.29, 0.717) is 11.6 Å². The summed E-state index contributed by atoms with van der Waals surface area (Å²) in [6.45, 7) is 1.88. The van der Waals surface area contributed by atoms with Crippen LogP contribution in [-0.4, -0.2) is 16.9 Å². The summed E-state index contributed by atoms with van der Waals surface area (Å²) in [5.74, 6) is 6.04. The normalized spacial score (nSPS) is 13.5. The van der Waals surface area contributed by atoms with Crippen LogP contribution >= 0.6 is 0 Å². The van der Waals surface area contributed by atoms with Gasteiger partial charge in [-0.15, -0.1) is 0 Å². The molecule has 0 spiro atoms. The lowest BCUT2D eigenvalue weighted by molar-refractivity contribution is -0.191. The Balaban J connectivity index is 0.000000550. The van der Waals surface area contributed by atoms with Crippen molar-refractivity contribution in [3.05, 3.63) is 29.6 Å². The van der Waals surface area contributed by atoms with Gasteiger partial charge in [0.25, 0.3) is 5.78 Å². The van der Waals surface area contributed by atoms with E-state index in [1.54, 1.807) is 6.07 Å². The molecular formula is C15H15NO3. The third-order valence-electron chi connectivity index (χ3n) is 2.87. The first kappa shape index (κ1) is 14.8. The van der Waals surface area contributed by atoms with Crippen molar-refractivity contribution in [1.29, 1.82) is 0 Å². The molecule has 98 valence electrons. The largest absolute Gasteiger partial charge is 0.373 e. The minimum absolute atomic E-state index is 0.157. The van der Waals surface area contributed by atoms with Crippen LogP contribution in [-0.2, 0) is 9.59 Å². The van der Waals surface area contributed by atoms with Gasteiger partial charge in [0.15, 0.2) is 0 Å². The fraction of sp³-hybridized carbons (Fsp3) is 0.400. The standard InChI is InChI=1S/C14H15NO.CO2/c1-11-5-4-8-13(15-11)14(16)10-9-12-6-2-3-7-12;2-1-3/h4-5,8,12H,2-3,6-7H2,1H3;. The number of ketones is 1. The highest BCUT2D eigenvalue weighted by Crippen LogP contribution is 2.23. The molecule has 1 fully saturated rings. The minimum atomic E-state index is -0.157. The first-order valence-electron chi connectivity index (χ1n) is 6.16. The average molecular weight is 257 g/mol. The number of rotatable bonds is 1. The summed E-state index contributed by atoms with van der Waals surface area (Å²) in [6, 6.07) is 5.44.